The first-order valence-corrected chi connectivity index (χ1v) is 7.79. The molecule has 0 aliphatic carbocycles. The van der Waals surface area contributed by atoms with Crippen LogP contribution >= 0.6 is 0 Å². The van der Waals surface area contributed by atoms with E-state index in [1.54, 1.807) is 36.2 Å². The van der Waals surface area contributed by atoms with E-state index in [1.165, 1.54) is 0 Å². The predicted octanol–water partition coefficient (Wildman–Crippen LogP) is 2.81. The van der Waals surface area contributed by atoms with Gasteiger partial charge in [-0.05, 0) is 30.7 Å². The topological polar surface area (TPSA) is 55.8 Å². The van der Waals surface area contributed by atoms with Crippen molar-refractivity contribution in [1.82, 2.24) is 4.90 Å². The van der Waals surface area contributed by atoms with Crippen molar-refractivity contribution in [3.63, 3.8) is 0 Å². The number of nitrogens with zero attached hydrogens (tertiary/aromatic N) is 1. The second-order valence-electron chi connectivity index (χ2n) is 5.27. The fourth-order valence-electron chi connectivity index (χ4n) is 2.09. The smallest absolute Gasteiger partial charge is 0.260 e. The molecule has 2 aromatic carbocycles. The fraction of sp³-hybridized carbons (Fsp3) is 0.263. The Labute approximate surface area is 141 Å². The van der Waals surface area contributed by atoms with Crippen molar-refractivity contribution in [2.75, 3.05) is 26.8 Å². The highest BCUT2D eigenvalue weighted by Gasteiger charge is 2.10. The van der Waals surface area contributed by atoms with Gasteiger partial charge in [0.2, 0.25) is 0 Å². The maximum Gasteiger partial charge on any atom is 0.260 e. The summed E-state index contributed by atoms with van der Waals surface area (Å²) in [5, 5.41) is 0. The summed E-state index contributed by atoms with van der Waals surface area (Å²) in [4.78, 5) is 24.6. The lowest BCUT2D eigenvalue weighted by atomic mass is 10.2. The van der Waals surface area contributed by atoms with Crippen LogP contribution in [0.2, 0.25) is 0 Å². The van der Waals surface area contributed by atoms with E-state index < -0.39 is 0 Å². The molecular formula is C19H21NO4. The number of rotatable bonds is 9. The van der Waals surface area contributed by atoms with Crippen molar-refractivity contribution in [1.29, 1.82) is 0 Å². The summed E-state index contributed by atoms with van der Waals surface area (Å²) in [7, 11) is 1.72. The van der Waals surface area contributed by atoms with E-state index in [0.717, 1.165) is 12.2 Å². The highest BCUT2D eigenvalue weighted by molar-refractivity contribution is 5.80. The molecule has 0 fully saturated rings. The van der Waals surface area contributed by atoms with Crippen molar-refractivity contribution >= 4 is 12.2 Å². The van der Waals surface area contributed by atoms with Crippen molar-refractivity contribution in [2.45, 2.75) is 6.42 Å². The molecule has 1 amide bonds. The molecule has 0 unspecified atom stereocenters. The molecule has 0 spiro atoms. The predicted molar refractivity (Wildman–Crippen MR) is 91.5 cm³/mol. The molecule has 0 atom stereocenters. The van der Waals surface area contributed by atoms with E-state index in [4.69, 9.17) is 9.47 Å². The summed E-state index contributed by atoms with van der Waals surface area (Å²) < 4.78 is 11.0. The minimum atomic E-state index is -0.143. The van der Waals surface area contributed by atoms with E-state index in [9.17, 15) is 9.59 Å². The minimum absolute atomic E-state index is 0.0963. The van der Waals surface area contributed by atoms with Crippen molar-refractivity contribution in [3.05, 3.63) is 60.2 Å². The van der Waals surface area contributed by atoms with Crippen LogP contribution in [-0.4, -0.2) is 43.9 Å². The third-order valence-corrected chi connectivity index (χ3v) is 3.47. The van der Waals surface area contributed by atoms with Crippen molar-refractivity contribution in [2.24, 2.45) is 0 Å². The SMILES string of the molecule is CN(CCCOc1ccccc1)C(=O)COc1ccccc1C=O. The first-order chi connectivity index (χ1) is 11.7. The summed E-state index contributed by atoms with van der Waals surface area (Å²) in [6.45, 7) is 1.02. The van der Waals surface area contributed by atoms with Crippen LogP contribution in [0.1, 0.15) is 16.8 Å². The fourth-order valence-corrected chi connectivity index (χ4v) is 2.09. The molecule has 0 saturated heterocycles. The number of amides is 1. The number of para-hydroxylation sites is 2. The lowest BCUT2D eigenvalue weighted by Crippen LogP contribution is -2.33. The number of aldehydes is 1. The Morgan fingerprint density at radius 1 is 1.04 bits per heavy atom. The van der Waals surface area contributed by atoms with Gasteiger partial charge in [0.05, 0.1) is 12.2 Å². The number of hydrogen-bond acceptors (Lipinski definition) is 4. The molecule has 0 bridgehead atoms. The highest BCUT2D eigenvalue weighted by atomic mass is 16.5. The zero-order valence-electron chi connectivity index (χ0n) is 13.7. The highest BCUT2D eigenvalue weighted by Crippen LogP contribution is 2.15. The molecular weight excluding hydrogens is 306 g/mol. The summed E-state index contributed by atoms with van der Waals surface area (Å²) in [5.41, 5.74) is 0.434. The number of benzene rings is 2. The molecule has 0 aliphatic rings. The standard InChI is InChI=1S/C19H21NO4/c1-20(12-7-13-23-17-9-3-2-4-10-17)19(22)15-24-18-11-6-5-8-16(18)14-21/h2-6,8-11,14H,7,12-13,15H2,1H3. The Kier molecular flexibility index (Phi) is 6.83. The summed E-state index contributed by atoms with van der Waals surface area (Å²) in [6, 6.07) is 16.4. The van der Waals surface area contributed by atoms with E-state index in [0.29, 0.717) is 30.8 Å². The normalized spacial score (nSPS) is 10.0. The Morgan fingerprint density at radius 2 is 1.75 bits per heavy atom. The first-order valence-electron chi connectivity index (χ1n) is 7.79. The average Bonchev–Trinajstić information content (AvgIpc) is 2.64. The Hall–Kier alpha value is -2.82. The monoisotopic (exact) mass is 327 g/mol. The average molecular weight is 327 g/mol. The van der Waals surface area contributed by atoms with Gasteiger partial charge in [0.15, 0.2) is 12.9 Å². The van der Waals surface area contributed by atoms with Crippen LogP contribution in [0.4, 0.5) is 0 Å². The van der Waals surface area contributed by atoms with Crippen LogP contribution in [0.5, 0.6) is 11.5 Å². The van der Waals surface area contributed by atoms with E-state index in [-0.39, 0.29) is 12.5 Å². The van der Waals surface area contributed by atoms with Crippen LogP contribution in [0.3, 0.4) is 0 Å². The second-order valence-corrected chi connectivity index (χ2v) is 5.27. The molecule has 0 saturated carbocycles. The van der Waals surface area contributed by atoms with Crippen LogP contribution in [-0.2, 0) is 4.79 Å². The molecule has 0 N–H and O–H groups in total. The van der Waals surface area contributed by atoms with Gasteiger partial charge in [-0.15, -0.1) is 0 Å². The molecule has 0 radical (unpaired) electrons. The van der Waals surface area contributed by atoms with Gasteiger partial charge in [-0.3, -0.25) is 9.59 Å². The molecule has 24 heavy (non-hydrogen) atoms. The Bertz CT molecular complexity index is 657. The van der Waals surface area contributed by atoms with Crippen LogP contribution < -0.4 is 9.47 Å². The first kappa shape index (κ1) is 17.5. The van der Waals surface area contributed by atoms with Gasteiger partial charge in [0.25, 0.3) is 5.91 Å². The largest absolute Gasteiger partial charge is 0.494 e. The Balaban J connectivity index is 1.69. The number of hydrogen-bond donors (Lipinski definition) is 0. The third-order valence-electron chi connectivity index (χ3n) is 3.47. The molecule has 0 aliphatic heterocycles. The molecule has 2 rings (SSSR count). The minimum Gasteiger partial charge on any atom is -0.494 e. The molecule has 2 aromatic rings. The van der Waals surface area contributed by atoms with Crippen molar-refractivity contribution in [3.8, 4) is 11.5 Å². The molecule has 5 nitrogen and oxygen atoms in total. The summed E-state index contributed by atoms with van der Waals surface area (Å²) in [5.74, 6) is 1.09. The Morgan fingerprint density at radius 3 is 2.50 bits per heavy atom. The van der Waals surface area contributed by atoms with Gasteiger partial charge < -0.3 is 14.4 Å². The molecule has 5 heteroatoms. The lowest BCUT2D eigenvalue weighted by Gasteiger charge is -2.18. The van der Waals surface area contributed by atoms with Gasteiger partial charge in [-0.1, -0.05) is 30.3 Å². The maximum absolute atomic E-state index is 12.1. The second kappa shape index (κ2) is 9.35. The zero-order chi connectivity index (χ0) is 17.2. The third kappa shape index (κ3) is 5.43. The van der Waals surface area contributed by atoms with Gasteiger partial charge in [0, 0.05) is 13.6 Å². The number of likely N-dealkylation sites (N-methyl/N-ethyl adjacent to an activating group) is 1. The van der Waals surface area contributed by atoms with Gasteiger partial charge >= 0.3 is 0 Å². The van der Waals surface area contributed by atoms with Crippen LogP contribution in [0.25, 0.3) is 0 Å². The molecule has 126 valence electrons. The molecule has 0 heterocycles. The number of carbonyl (C=O) groups is 2. The van der Waals surface area contributed by atoms with E-state index >= 15 is 0 Å². The van der Waals surface area contributed by atoms with Gasteiger partial charge in [-0.25, -0.2) is 0 Å². The van der Waals surface area contributed by atoms with E-state index in [2.05, 4.69) is 0 Å². The summed E-state index contributed by atoms with van der Waals surface area (Å²) >= 11 is 0. The quantitative estimate of drug-likeness (QED) is 0.525. The number of ether oxygens (including phenoxy) is 2. The summed E-state index contributed by atoms with van der Waals surface area (Å²) in [6.07, 6.45) is 1.44. The lowest BCUT2D eigenvalue weighted by molar-refractivity contribution is -0.132. The van der Waals surface area contributed by atoms with E-state index in [1.807, 2.05) is 30.3 Å². The zero-order valence-corrected chi connectivity index (χ0v) is 13.7. The van der Waals surface area contributed by atoms with Crippen molar-refractivity contribution < 1.29 is 19.1 Å². The van der Waals surface area contributed by atoms with Crippen LogP contribution in [0, 0.1) is 0 Å². The van der Waals surface area contributed by atoms with Crippen LogP contribution in [0.15, 0.2) is 54.6 Å². The number of carbonyl (C=O) groups excluding carboxylic acids is 2. The maximum atomic E-state index is 12.1. The van der Waals surface area contributed by atoms with Gasteiger partial charge in [-0.2, -0.15) is 0 Å². The van der Waals surface area contributed by atoms with Gasteiger partial charge in [0.1, 0.15) is 11.5 Å². The molecule has 0 aromatic heterocycles.